The van der Waals surface area contributed by atoms with Crippen molar-refractivity contribution in [1.29, 1.82) is 0 Å². The number of halogens is 1. The number of rotatable bonds is 4. The van der Waals surface area contributed by atoms with Crippen molar-refractivity contribution in [1.82, 2.24) is 24.5 Å². The Morgan fingerprint density at radius 1 is 1.09 bits per heavy atom. The Bertz CT molecular complexity index is 1540. The van der Waals surface area contributed by atoms with Gasteiger partial charge in [0.15, 0.2) is 0 Å². The second-order valence-corrected chi connectivity index (χ2v) is 7.87. The van der Waals surface area contributed by atoms with Crippen molar-refractivity contribution < 1.29 is 4.39 Å². The van der Waals surface area contributed by atoms with Crippen LogP contribution in [-0.2, 0) is 0 Å². The minimum atomic E-state index is -0.589. The SMILES string of the molecule is Cc1cccc(-n2c([C@H](C)Nc3ncnc4[nH]cc(C)c34)nc3cccc(F)c3c2=O)c1. The fourth-order valence-corrected chi connectivity index (χ4v) is 4.01. The van der Waals surface area contributed by atoms with Gasteiger partial charge in [0, 0.05) is 6.20 Å². The monoisotopic (exact) mass is 428 g/mol. The highest BCUT2D eigenvalue weighted by molar-refractivity contribution is 5.90. The summed E-state index contributed by atoms with van der Waals surface area (Å²) in [6.07, 6.45) is 3.35. The maximum absolute atomic E-state index is 14.6. The largest absolute Gasteiger partial charge is 0.360 e. The summed E-state index contributed by atoms with van der Waals surface area (Å²) in [4.78, 5) is 30.0. The second-order valence-electron chi connectivity index (χ2n) is 7.87. The van der Waals surface area contributed by atoms with Crippen molar-refractivity contribution >= 4 is 27.8 Å². The first-order chi connectivity index (χ1) is 15.4. The molecule has 7 nitrogen and oxygen atoms in total. The van der Waals surface area contributed by atoms with Crippen LogP contribution in [0.1, 0.15) is 29.9 Å². The number of aromatic amines is 1. The molecule has 1 atom stereocenters. The van der Waals surface area contributed by atoms with Gasteiger partial charge < -0.3 is 10.3 Å². The number of benzene rings is 2. The first-order valence-corrected chi connectivity index (χ1v) is 10.3. The standard InChI is InChI=1S/C24H21FN6O/c1-13-6-4-7-16(10-13)31-23(30-18-9-5-8-17(25)20(18)24(31)32)15(3)29-22-19-14(2)11-26-21(19)27-12-28-22/h4-12,15H,1-3H3,(H2,26,27,28,29)/t15-/m0/s1. The number of H-pyrrole nitrogens is 1. The Morgan fingerprint density at radius 2 is 1.91 bits per heavy atom. The van der Waals surface area contributed by atoms with Crippen LogP contribution in [0.4, 0.5) is 10.2 Å². The van der Waals surface area contributed by atoms with E-state index in [-0.39, 0.29) is 5.39 Å². The summed E-state index contributed by atoms with van der Waals surface area (Å²) in [5, 5.41) is 4.21. The quantitative estimate of drug-likeness (QED) is 0.437. The van der Waals surface area contributed by atoms with E-state index in [4.69, 9.17) is 4.98 Å². The van der Waals surface area contributed by atoms with E-state index in [1.807, 2.05) is 51.2 Å². The van der Waals surface area contributed by atoms with Crippen LogP contribution in [0, 0.1) is 19.7 Å². The van der Waals surface area contributed by atoms with Gasteiger partial charge in [-0.2, -0.15) is 0 Å². The summed E-state index contributed by atoms with van der Waals surface area (Å²) in [6.45, 7) is 5.81. The van der Waals surface area contributed by atoms with Crippen molar-refractivity contribution in [2.75, 3.05) is 5.32 Å². The summed E-state index contributed by atoms with van der Waals surface area (Å²) < 4.78 is 16.1. The summed E-state index contributed by atoms with van der Waals surface area (Å²) in [7, 11) is 0. The third kappa shape index (κ3) is 3.20. The fraction of sp³-hybridized carbons (Fsp3) is 0.167. The highest BCUT2D eigenvalue weighted by Crippen LogP contribution is 2.27. The fourth-order valence-electron chi connectivity index (χ4n) is 4.01. The number of aryl methyl sites for hydroxylation is 2. The molecule has 2 aromatic carbocycles. The first kappa shape index (κ1) is 19.9. The molecule has 0 saturated heterocycles. The first-order valence-electron chi connectivity index (χ1n) is 10.3. The van der Waals surface area contributed by atoms with E-state index in [9.17, 15) is 9.18 Å². The molecule has 0 amide bonds. The Labute approximate surface area is 183 Å². The van der Waals surface area contributed by atoms with Crippen LogP contribution < -0.4 is 10.9 Å². The van der Waals surface area contributed by atoms with E-state index >= 15 is 0 Å². The Morgan fingerprint density at radius 3 is 2.72 bits per heavy atom. The maximum atomic E-state index is 14.6. The average molecular weight is 428 g/mol. The maximum Gasteiger partial charge on any atom is 0.269 e. The molecule has 3 aromatic heterocycles. The molecule has 5 aromatic rings. The highest BCUT2D eigenvalue weighted by Gasteiger charge is 2.21. The second kappa shape index (κ2) is 7.56. The molecule has 0 radical (unpaired) electrons. The van der Waals surface area contributed by atoms with Gasteiger partial charge in [-0.3, -0.25) is 9.36 Å². The number of fused-ring (bicyclic) bond motifs is 2. The normalized spacial score (nSPS) is 12.4. The van der Waals surface area contributed by atoms with E-state index < -0.39 is 17.4 Å². The molecule has 0 fully saturated rings. The van der Waals surface area contributed by atoms with E-state index in [2.05, 4.69) is 20.3 Å². The van der Waals surface area contributed by atoms with Crippen LogP contribution in [0.25, 0.3) is 27.6 Å². The van der Waals surface area contributed by atoms with Gasteiger partial charge in [-0.15, -0.1) is 0 Å². The summed E-state index contributed by atoms with van der Waals surface area (Å²) in [5.41, 5.74) is 3.19. The summed E-state index contributed by atoms with van der Waals surface area (Å²) in [5.74, 6) is 0.498. The lowest BCUT2D eigenvalue weighted by molar-refractivity contribution is 0.635. The van der Waals surface area contributed by atoms with Crippen molar-refractivity contribution in [3.05, 3.63) is 88.1 Å². The lowest BCUT2D eigenvalue weighted by Gasteiger charge is -2.20. The van der Waals surface area contributed by atoms with E-state index in [0.29, 0.717) is 22.8 Å². The molecule has 0 aliphatic rings. The number of nitrogens with zero attached hydrogens (tertiary/aromatic N) is 4. The zero-order valence-corrected chi connectivity index (χ0v) is 17.8. The molecule has 0 unspecified atom stereocenters. The molecule has 3 heterocycles. The van der Waals surface area contributed by atoms with Crippen molar-refractivity contribution in [3.63, 3.8) is 0 Å². The van der Waals surface area contributed by atoms with Gasteiger partial charge in [-0.1, -0.05) is 18.2 Å². The minimum Gasteiger partial charge on any atom is -0.360 e. The molecule has 0 aliphatic heterocycles. The molecular formula is C24H21FN6O. The van der Waals surface area contributed by atoms with E-state index in [0.717, 1.165) is 22.2 Å². The van der Waals surface area contributed by atoms with Crippen LogP contribution in [0.2, 0.25) is 0 Å². The predicted octanol–water partition coefficient (Wildman–Crippen LogP) is 4.59. The third-order valence-electron chi connectivity index (χ3n) is 5.54. The number of hydrogen-bond acceptors (Lipinski definition) is 5. The number of aromatic nitrogens is 5. The van der Waals surface area contributed by atoms with Crippen molar-refractivity contribution in [2.45, 2.75) is 26.8 Å². The summed E-state index contributed by atoms with van der Waals surface area (Å²) in [6, 6.07) is 11.6. The highest BCUT2D eigenvalue weighted by atomic mass is 19.1. The molecule has 8 heteroatoms. The Hall–Kier alpha value is -4.07. The lowest BCUT2D eigenvalue weighted by atomic mass is 10.1. The molecule has 2 N–H and O–H groups in total. The number of hydrogen-bond donors (Lipinski definition) is 2. The molecule has 0 saturated carbocycles. The predicted molar refractivity (Wildman–Crippen MR) is 123 cm³/mol. The average Bonchev–Trinajstić information content (AvgIpc) is 3.15. The summed E-state index contributed by atoms with van der Waals surface area (Å²) >= 11 is 0. The molecule has 160 valence electrons. The van der Waals surface area contributed by atoms with Crippen molar-refractivity contribution in [3.8, 4) is 5.69 Å². The van der Waals surface area contributed by atoms with Crippen LogP contribution in [0.15, 0.2) is 59.8 Å². The topological polar surface area (TPSA) is 88.5 Å². The molecule has 5 rings (SSSR count). The number of anilines is 1. The molecular weight excluding hydrogens is 407 g/mol. The third-order valence-corrected chi connectivity index (χ3v) is 5.54. The van der Waals surface area contributed by atoms with Gasteiger partial charge >= 0.3 is 0 Å². The lowest BCUT2D eigenvalue weighted by Crippen LogP contribution is -2.28. The van der Waals surface area contributed by atoms with E-state index in [1.54, 1.807) is 12.1 Å². The molecule has 0 spiro atoms. The van der Waals surface area contributed by atoms with Gasteiger partial charge in [-0.05, 0) is 56.2 Å². The van der Waals surface area contributed by atoms with Crippen LogP contribution in [-0.4, -0.2) is 24.5 Å². The van der Waals surface area contributed by atoms with Crippen LogP contribution in [0.3, 0.4) is 0 Å². The smallest absolute Gasteiger partial charge is 0.269 e. The number of nitrogens with one attached hydrogen (secondary N) is 2. The van der Waals surface area contributed by atoms with Gasteiger partial charge in [0.05, 0.1) is 22.6 Å². The van der Waals surface area contributed by atoms with Crippen LogP contribution in [0.5, 0.6) is 0 Å². The zero-order chi connectivity index (χ0) is 22.4. The van der Waals surface area contributed by atoms with Gasteiger partial charge in [0.2, 0.25) is 0 Å². The van der Waals surface area contributed by atoms with Gasteiger partial charge in [-0.25, -0.2) is 19.3 Å². The zero-order valence-electron chi connectivity index (χ0n) is 17.8. The molecule has 32 heavy (non-hydrogen) atoms. The van der Waals surface area contributed by atoms with Gasteiger partial charge in [0.1, 0.15) is 34.8 Å². The molecule has 0 aliphatic carbocycles. The molecule has 0 bridgehead atoms. The minimum absolute atomic E-state index is 0.0316. The van der Waals surface area contributed by atoms with Crippen molar-refractivity contribution in [2.24, 2.45) is 0 Å². The van der Waals surface area contributed by atoms with Crippen LogP contribution >= 0.6 is 0 Å². The van der Waals surface area contributed by atoms with E-state index in [1.165, 1.54) is 17.0 Å². The Kier molecular flexibility index (Phi) is 4.70. The van der Waals surface area contributed by atoms with Gasteiger partial charge in [0.25, 0.3) is 5.56 Å². The Balaban J connectivity index is 1.73.